The Bertz CT molecular complexity index is 1430. The number of ether oxygens (including phenoxy) is 3. The summed E-state index contributed by atoms with van der Waals surface area (Å²) in [5, 5.41) is 21.2. The number of carbonyl (C=O) groups is 2. The zero-order valence-corrected chi connectivity index (χ0v) is 20.4. The smallest absolute Gasteiger partial charge is 0.310 e. The molecule has 0 bridgehead atoms. The molecule has 1 aliphatic rings. The Kier molecular flexibility index (Phi) is 7.74. The summed E-state index contributed by atoms with van der Waals surface area (Å²) in [6, 6.07) is 8.36. The van der Waals surface area contributed by atoms with E-state index in [0.29, 0.717) is 12.8 Å². The van der Waals surface area contributed by atoms with Gasteiger partial charge in [0.25, 0.3) is 5.69 Å². The van der Waals surface area contributed by atoms with Crippen molar-refractivity contribution in [3.05, 3.63) is 67.3 Å². The second-order valence-corrected chi connectivity index (χ2v) is 8.83. The summed E-state index contributed by atoms with van der Waals surface area (Å²) in [6.45, 7) is 0.128. The molecule has 0 spiro atoms. The molecule has 1 aromatic heterocycles. The minimum absolute atomic E-state index is 0.00921. The zero-order chi connectivity index (χ0) is 26.7. The highest BCUT2D eigenvalue weighted by atomic mass is 35.5. The fourth-order valence-corrected chi connectivity index (χ4v) is 4.22. The Morgan fingerprint density at radius 1 is 1.22 bits per heavy atom. The van der Waals surface area contributed by atoms with E-state index in [4.69, 9.17) is 30.6 Å². The average Bonchev–Trinajstić information content (AvgIpc) is 2.82. The molecule has 12 heteroatoms. The molecule has 2 aromatic carbocycles. The van der Waals surface area contributed by atoms with Crippen LogP contribution in [0.15, 0.2) is 45.6 Å². The molecule has 1 fully saturated rings. The molecule has 37 heavy (non-hydrogen) atoms. The normalized spacial score (nSPS) is 16.7. The molecule has 0 aliphatic heterocycles. The van der Waals surface area contributed by atoms with Gasteiger partial charge in [0, 0.05) is 17.7 Å². The summed E-state index contributed by atoms with van der Waals surface area (Å²) in [4.78, 5) is 46.7. The number of carboxylic acids is 1. The summed E-state index contributed by atoms with van der Waals surface area (Å²) in [5.74, 6) is -1.87. The first-order valence-corrected chi connectivity index (χ1v) is 11.6. The SMILES string of the molecule is COC(=O)Cc1cc(OCCOC2CC(C(=O)O)C2)c(-c2cc(=O)c3cccc(Cl)c3o2)cc1[N+](=O)[O-]. The predicted octanol–water partition coefficient (Wildman–Crippen LogP) is 4.00. The number of hydrogen-bond acceptors (Lipinski definition) is 9. The molecule has 3 aromatic rings. The van der Waals surface area contributed by atoms with Crippen LogP contribution < -0.4 is 10.2 Å². The number of halogens is 1. The Morgan fingerprint density at radius 3 is 2.65 bits per heavy atom. The number of nitrogens with zero attached hydrogens (tertiary/aromatic N) is 1. The Hall–Kier alpha value is -3.96. The molecule has 0 unspecified atom stereocenters. The number of para-hydroxylation sites is 1. The molecule has 1 N–H and O–H groups in total. The lowest BCUT2D eigenvalue weighted by Crippen LogP contribution is -2.37. The summed E-state index contributed by atoms with van der Waals surface area (Å²) in [5.41, 5.74) is -0.539. The van der Waals surface area contributed by atoms with E-state index in [1.807, 2.05) is 0 Å². The van der Waals surface area contributed by atoms with Gasteiger partial charge in [0.1, 0.15) is 18.1 Å². The molecule has 1 aliphatic carbocycles. The van der Waals surface area contributed by atoms with Gasteiger partial charge in [-0.2, -0.15) is 0 Å². The first-order chi connectivity index (χ1) is 17.7. The van der Waals surface area contributed by atoms with Crippen LogP contribution in [0.5, 0.6) is 5.75 Å². The number of benzene rings is 2. The summed E-state index contributed by atoms with van der Waals surface area (Å²) in [6.07, 6.45) is 0.234. The second-order valence-electron chi connectivity index (χ2n) is 8.43. The molecule has 1 heterocycles. The molecule has 0 amide bonds. The molecular formula is C25H22ClNO10. The second kappa shape index (κ2) is 11.0. The minimum atomic E-state index is -0.860. The lowest BCUT2D eigenvalue weighted by Gasteiger charge is -2.32. The van der Waals surface area contributed by atoms with Gasteiger partial charge in [-0.3, -0.25) is 24.5 Å². The van der Waals surface area contributed by atoms with Crippen molar-refractivity contribution in [2.24, 2.45) is 5.92 Å². The van der Waals surface area contributed by atoms with Gasteiger partial charge in [0.05, 0.1) is 53.1 Å². The van der Waals surface area contributed by atoms with Crippen molar-refractivity contribution in [3.8, 4) is 17.1 Å². The Morgan fingerprint density at radius 2 is 1.97 bits per heavy atom. The number of esters is 1. The van der Waals surface area contributed by atoms with E-state index < -0.39 is 28.2 Å². The number of aliphatic carboxylic acids is 1. The number of carbonyl (C=O) groups excluding carboxylic acids is 1. The Labute approximate surface area is 214 Å². The van der Waals surface area contributed by atoms with Crippen molar-refractivity contribution in [1.82, 2.24) is 0 Å². The number of nitro groups is 1. The monoisotopic (exact) mass is 531 g/mol. The predicted molar refractivity (Wildman–Crippen MR) is 131 cm³/mol. The molecule has 11 nitrogen and oxygen atoms in total. The third-order valence-electron chi connectivity index (χ3n) is 6.05. The van der Waals surface area contributed by atoms with Gasteiger partial charge in [-0.05, 0) is 31.0 Å². The maximum Gasteiger partial charge on any atom is 0.310 e. The molecule has 1 saturated carbocycles. The molecule has 0 saturated heterocycles. The van der Waals surface area contributed by atoms with Crippen LogP contribution in [0, 0.1) is 16.0 Å². The van der Waals surface area contributed by atoms with Gasteiger partial charge >= 0.3 is 11.9 Å². The van der Waals surface area contributed by atoms with Crippen molar-refractivity contribution in [1.29, 1.82) is 0 Å². The number of hydrogen-bond donors (Lipinski definition) is 1. The van der Waals surface area contributed by atoms with Crippen LogP contribution in [0.1, 0.15) is 18.4 Å². The van der Waals surface area contributed by atoms with E-state index in [2.05, 4.69) is 4.74 Å². The number of carboxylic acid groups (broad SMARTS) is 1. The number of nitro benzene ring substituents is 1. The van der Waals surface area contributed by atoms with Gasteiger partial charge in [-0.25, -0.2) is 0 Å². The molecule has 0 atom stereocenters. The quantitative estimate of drug-likeness (QED) is 0.175. The van der Waals surface area contributed by atoms with Gasteiger partial charge < -0.3 is 23.7 Å². The van der Waals surface area contributed by atoms with E-state index in [-0.39, 0.29) is 70.1 Å². The summed E-state index contributed by atoms with van der Waals surface area (Å²) >= 11 is 6.21. The van der Waals surface area contributed by atoms with Crippen LogP contribution >= 0.6 is 11.6 Å². The van der Waals surface area contributed by atoms with Gasteiger partial charge in [0.2, 0.25) is 0 Å². The third kappa shape index (κ3) is 5.73. The van der Waals surface area contributed by atoms with Gasteiger partial charge in [0.15, 0.2) is 11.0 Å². The maximum atomic E-state index is 12.7. The fraction of sp³-hybridized carbons (Fsp3) is 0.320. The molecule has 194 valence electrons. The summed E-state index contributed by atoms with van der Waals surface area (Å²) < 4.78 is 22.0. The minimum Gasteiger partial charge on any atom is -0.490 e. The van der Waals surface area contributed by atoms with Gasteiger partial charge in [-0.15, -0.1) is 0 Å². The highest BCUT2D eigenvalue weighted by Crippen LogP contribution is 2.38. The van der Waals surface area contributed by atoms with Crippen LogP contribution in [0.25, 0.3) is 22.3 Å². The first kappa shape index (κ1) is 26.1. The largest absolute Gasteiger partial charge is 0.490 e. The van der Waals surface area contributed by atoms with E-state index in [1.165, 1.54) is 25.3 Å². The van der Waals surface area contributed by atoms with E-state index in [0.717, 1.165) is 0 Å². The number of methoxy groups -OCH3 is 1. The highest BCUT2D eigenvalue weighted by molar-refractivity contribution is 6.34. The molecular weight excluding hydrogens is 510 g/mol. The van der Waals surface area contributed by atoms with Gasteiger partial charge in [-0.1, -0.05) is 17.7 Å². The maximum absolute atomic E-state index is 12.7. The van der Waals surface area contributed by atoms with Crippen molar-refractivity contribution < 1.29 is 38.2 Å². The number of rotatable bonds is 10. The number of fused-ring (bicyclic) bond motifs is 1. The first-order valence-electron chi connectivity index (χ1n) is 11.3. The van der Waals surface area contributed by atoms with Crippen LogP contribution in [0.2, 0.25) is 5.02 Å². The topological polar surface area (TPSA) is 155 Å². The van der Waals surface area contributed by atoms with Crippen molar-refractivity contribution in [2.75, 3.05) is 20.3 Å². The van der Waals surface area contributed by atoms with Crippen molar-refractivity contribution >= 4 is 40.2 Å². The third-order valence-corrected chi connectivity index (χ3v) is 6.35. The highest BCUT2D eigenvalue weighted by Gasteiger charge is 2.35. The zero-order valence-electron chi connectivity index (χ0n) is 19.6. The van der Waals surface area contributed by atoms with Crippen LogP contribution in [-0.2, 0) is 25.5 Å². The van der Waals surface area contributed by atoms with Crippen LogP contribution in [-0.4, -0.2) is 48.4 Å². The molecule has 0 radical (unpaired) electrons. The fourth-order valence-electron chi connectivity index (χ4n) is 4.01. The summed E-state index contributed by atoms with van der Waals surface area (Å²) in [7, 11) is 1.17. The van der Waals surface area contributed by atoms with Crippen molar-refractivity contribution in [2.45, 2.75) is 25.4 Å². The van der Waals surface area contributed by atoms with Crippen molar-refractivity contribution in [3.63, 3.8) is 0 Å². The van der Waals surface area contributed by atoms with E-state index in [9.17, 15) is 24.5 Å². The van der Waals surface area contributed by atoms with E-state index >= 15 is 0 Å². The van der Waals surface area contributed by atoms with Crippen LogP contribution in [0.3, 0.4) is 0 Å². The lowest BCUT2D eigenvalue weighted by atomic mass is 9.82. The van der Waals surface area contributed by atoms with Crippen LogP contribution in [0.4, 0.5) is 5.69 Å². The molecule has 4 rings (SSSR count). The van der Waals surface area contributed by atoms with E-state index in [1.54, 1.807) is 18.2 Å². The Balaban J connectivity index is 1.68. The average molecular weight is 532 g/mol. The lowest BCUT2D eigenvalue weighted by molar-refractivity contribution is -0.385. The standard InChI is InChI=1S/C25H22ClNO10/c1-34-23(29)10-13-9-21(36-6-5-35-15-7-14(8-15)25(30)31)17(11-19(13)27(32)33)22-12-20(28)16-3-2-4-18(26)24(16)37-22/h2-4,9,11-12,14-15H,5-8,10H2,1H3,(H,30,31).